The van der Waals surface area contributed by atoms with Gasteiger partial charge in [-0.1, -0.05) is 11.7 Å². The number of hydrogen-bond donors (Lipinski definition) is 2. The van der Waals surface area contributed by atoms with E-state index >= 15 is 0 Å². The van der Waals surface area contributed by atoms with Crippen LogP contribution in [0.3, 0.4) is 0 Å². The van der Waals surface area contributed by atoms with E-state index in [0.29, 0.717) is 11.0 Å². The van der Waals surface area contributed by atoms with E-state index in [9.17, 15) is 13.6 Å². The van der Waals surface area contributed by atoms with Crippen LogP contribution in [0.1, 0.15) is 0 Å². The lowest BCUT2D eigenvalue weighted by Crippen LogP contribution is -2.09. The summed E-state index contributed by atoms with van der Waals surface area (Å²) in [6.07, 6.45) is -1.83. The first-order valence-electron chi connectivity index (χ1n) is 1.80. The van der Waals surface area contributed by atoms with E-state index in [1.54, 1.807) is 0 Å². The predicted octanol–water partition coefficient (Wildman–Crippen LogP) is 1.38. The molecule has 0 rings (SSSR count). The first-order chi connectivity index (χ1) is 4.16. The maximum Gasteiger partial charge on any atom is 0.275 e. The lowest BCUT2D eigenvalue weighted by molar-refractivity contribution is -0.114. The van der Waals surface area contributed by atoms with Crippen molar-refractivity contribution in [2.45, 2.75) is 0 Å². The topological polar surface area (TPSA) is 29.1 Å². The van der Waals surface area contributed by atoms with Gasteiger partial charge in [-0.3, -0.25) is 9.52 Å². The van der Waals surface area contributed by atoms with E-state index in [-0.39, 0.29) is 6.08 Å². The minimum atomic E-state index is -2.02. The summed E-state index contributed by atoms with van der Waals surface area (Å²) in [6.45, 7) is 0. The van der Waals surface area contributed by atoms with Gasteiger partial charge in [0.05, 0.1) is 6.08 Å². The molecule has 9 heavy (non-hydrogen) atoms. The van der Waals surface area contributed by atoms with Crippen LogP contribution in [0.2, 0.25) is 0 Å². The van der Waals surface area contributed by atoms with Crippen LogP contribution in [0.15, 0.2) is 12.2 Å². The van der Waals surface area contributed by atoms with Gasteiger partial charge < -0.3 is 0 Å². The second kappa shape index (κ2) is 4.63. The molecule has 0 spiro atoms. The molecule has 0 aliphatic carbocycles. The molecule has 0 saturated carbocycles. The minimum absolute atomic E-state index is 0.184. The van der Waals surface area contributed by atoms with Crippen molar-refractivity contribution in [3.8, 4) is 0 Å². The average molecular weight is 171 g/mol. The number of nitrogens with one attached hydrogen (secondary N) is 1. The summed E-state index contributed by atoms with van der Waals surface area (Å²) in [5.41, 5.74) is 0. The Hall–Kier alpha value is -0.230. The SMILES string of the molecule is O=C(C=C(F)F)NSS. The van der Waals surface area contributed by atoms with Crippen LogP contribution >= 0.6 is 22.6 Å². The third-order valence-corrected chi connectivity index (χ3v) is 0.953. The summed E-state index contributed by atoms with van der Waals surface area (Å²) >= 11 is 3.49. The van der Waals surface area contributed by atoms with Gasteiger partial charge in [0, 0.05) is 11.0 Å². The monoisotopic (exact) mass is 171 g/mol. The first kappa shape index (κ1) is 8.77. The van der Waals surface area contributed by atoms with Crippen molar-refractivity contribution in [3.05, 3.63) is 12.2 Å². The van der Waals surface area contributed by atoms with Crippen LogP contribution < -0.4 is 4.72 Å². The fraction of sp³-hybridized carbons (Fsp3) is 0. The summed E-state index contributed by atoms with van der Waals surface area (Å²) in [5, 5.41) is 0. The molecule has 0 atom stereocenters. The van der Waals surface area contributed by atoms with Gasteiger partial charge in [0.25, 0.3) is 12.0 Å². The van der Waals surface area contributed by atoms with E-state index in [2.05, 4.69) is 11.7 Å². The Labute approximate surface area is 59.6 Å². The Balaban J connectivity index is 3.63. The molecule has 0 radical (unpaired) electrons. The van der Waals surface area contributed by atoms with Gasteiger partial charge in [-0.25, -0.2) is 0 Å². The van der Waals surface area contributed by atoms with Gasteiger partial charge in [0.1, 0.15) is 0 Å². The molecule has 0 aromatic heterocycles. The van der Waals surface area contributed by atoms with Crippen molar-refractivity contribution in [1.82, 2.24) is 4.72 Å². The summed E-state index contributed by atoms with van der Waals surface area (Å²) < 4.78 is 24.3. The van der Waals surface area contributed by atoms with Crippen molar-refractivity contribution in [2.24, 2.45) is 0 Å². The Kier molecular flexibility index (Phi) is 4.51. The fourth-order valence-electron chi connectivity index (χ4n) is 0.174. The average Bonchev–Trinajstić information content (AvgIpc) is 1.63. The number of thiol groups is 1. The van der Waals surface area contributed by atoms with E-state index in [1.165, 1.54) is 0 Å². The molecular weight excluding hydrogens is 168 g/mol. The summed E-state index contributed by atoms with van der Waals surface area (Å²) in [7, 11) is 0.669. The first-order valence-corrected chi connectivity index (χ1v) is 3.66. The van der Waals surface area contributed by atoms with Crippen molar-refractivity contribution in [3.63, 3.8) is 0 Å². The molecule has 0 bridgehead atoms. The van der Waals surface area contributed by atoms with Gasteiger partial charge in [0.2, 0.25) is 0 Å². The second-order valence-electron chi connectivity index (χ2n) is 0.992. The number of amides is 1. The fourth-order valence-corrected chi connectivity index (χ4v) is 0.592. The highest BCUT2D eigenvalue weighted by molar-refractivity contribution is 8.68. The number of halogens is 2. The van der Waals surface area contributed by atoms with E-state index < -0.39 is 12.0 Å². The van der Waals surface area contributed by atoms with Crippen LogP contribution in [0, 0.1) is 0 Å². The zero-order chi connectivity index (χ0) is 7.28. The minimum Gasteiger partial charge on any atom is -0.287 e. The Morgan fingerprint density at radius 1 is 1.67 bits per heavy atom. The van der Waals surface area contributed by atoms with Gasteiger partial charge in [-0.2, -0.15) is 8.78 Å². The van der Waals surface area contributed by atoms with Crippen LogP contribution in [0.5, 0.6) is 0 Å². The third kappa shape index (κ3) is 5.64. The van der Waals surface area contributed by atoms with Gasteiger partial charge in [-0.05, 0) is 0 Å². The molecule has 0 heterocycles. The zero-order valence-corrected chi connectivity index (χ0v) is 5.81. The predicted molar refractivity (Wildman–Crippen MR) is 35.0 cm³/mol. The molecule has 2 nitrogen and oxygen atoms in total. The van der Waals surface area contributed by atoms with Crippen molar-refractivity contribution in [2.75, 3.05) is 0 Å². The molecule has 0 aliphatic rings. The quantitative estimate of drug-likeness (QED) is 0.284. The maximum absolute atomic E-state index is 11.2. The molecule has 0 fully saturated rings. The molecule has 52 valence electrons. The highest BCUT2D eigenvalue weighted by Crippen LogP contribution is 2.00. The highest BCUT2D eigenvalue weighted by atomic mass is 33.1. The summed E-state index contributed by atoms with van der Waals surface area (Å²) in [5.74, 6) is -0.866. The van der Waals surface area contributed by atoms with Gasteiger partial charge >= 0.3 is 0 Å². The lowest BCUT2D eigenvalue weighted by Gasteiger charge is -1.89. The van der Waals surface area contributed by atoms with E-state index in [1.807, 2.05) is 4.72 Å². The standard InChI is InChI=1S/C3H3F2NOS2/c4-2(5)1-3(7)6-9-8/h1,8H,(H,6,7). The van der Waals surface area contributed by atoms with Crippen molar-refractivity contribution in [1.29, 1.82) is 0 Å². The normalized spacial score (nSPS) is 8.33. The molecular formula is C3H3F2NOS2. The Morgan fingerprint density at radius 3 is 2.56 bits per heavy atom. The number of carbonyl (C=O) groups is 1. The van der Waals surface area contributed by atoms with Crippen molar-refractivity contribution < 1.29 is 13.6 Å². The molecule has 0 aromatic carbocycles. The molecule has 0 aromatic rings. The molecule has 0 aliphatic heterocycles. The summed E-state index contributed by atoms with van der Waals surface area (Å²) in [4.78, 5) is 10.1. The largest absolute Gasteiger partial charge is 0.287 e. The van der Waals surface area contributed by atoms with Crippen LogP contribution in [-0.2, 0) is 4.79 Å². The van der Waals surface area contributed by atoms with Crippen LogP contribution in [0.25, 0.3) is 0 Å². The maximum atomic E-state index is 11.2. The molecule has 6 heteroatoms. The third-order valence-electron chi connectivity index (χ3n) is 0.386. The number of hydrogen-bond acceptors (Lipinski definition) is 3. The van der Waals surface area contributed by atoms with Crippen LogP contribution in [-0.4, -0.2) is 5.91 Å². The molecule has 1 N–H and O–H groups in total. The smallest absolute Gasteiger partial charge is 0.275 e. The number of rotatable bonds is 2. The zero-order valence-electron chi connectivity index (χ0n) is 4.10. The molecule has 0 saturated heterocycles. The molecule has 0 unspecified atom stereocenters. The van der Waals surface area contributed by atoms with Gasteiger partial charge in [0.15, 0.2) is 0 Å². The number of carbonyl (C=O) groups excluding carboxylic acids is 1. The van der Waals surface area contributed by atoms with Crippen LogP contribution in [0.4, 0.5) is 8.78 Å². The van der Waals surface area contributed by atoms with E-state index in [0.717, 1.165) is 0 Å². The van der Waals surface area contributed by atoms with E-state index in [4.69, 9.17) is 0 Å². The molecule has 1 amide bonds. The van der Waals surface area contributed by atoms with Gasteiger partial charge in [-0.15, -0.1) is 0 Å². The Morgan fingerprint density at radius 2 is 2.22 bits per heavy atom. The van der Waals surface area contributed by atoms with Crippen molar-refractivity contribution >= 4 is 28.5 Å². The summed E-state index contributed by atoms with van der Waals surface area (Å²) in [6, 6.07) is 0. The Bertz CT molecular complexity index is 134. The lowest BCUT2D eigenvalue weighted by atomic mass is 10.6. The highest BCUT2D eigenvalue weighted by Gasteiger charge is 1.96. The second-order valence-corrected chi connectivity index (χ2v) is 1.93.